The molecule has 0 aliphatic heterocycles. The van der Waals surface area contributed by atoms with E-state index >= 15 is 0 Å². The summed E-state index contributed by atoms with van der Waals surface area (Å²) in [5, 5.41) is 15.0. The van der Waals surface area contributed by atoms with E-state index in [0.29, 0.717) is 12.1 Å². The fourth-order valence-corrected chi connectivity index (χ4v) is 2.97. The standard InChI is InChI=1S/C12H16N4OS2/c1-12(2,3)10-15-16-11(19-10)14-5-8-4-7(6-18-8)9(13)17/h4,6H,5H2,1-3H3,(H2,13,17)(H,14,16). The lowest BCUT2D eigenvalue weighted by Gasteiger charge is -2.12. The summed E-state index contributed by atoms with van der Waals surface area (Å²) in [5.41, 5.74) is 5.78. The number of nitrogens with one attached hydrogen (secondary N) is 1. The minimum atomic E-state index is -0.395. The van der Waals surface area contributed by atoms with Gasteiger partial charge in [0, 0.05) is 15.7 Å². The van der Waals surface area contributed by atoms with Gasteiger partial charge in [0.15, 0.2) is 0 Å². The zero-order valence-corrected chi connectivity index (χ0v) is 12.7. The number of aromatic nitrogens is 2. The number of anilines is 1. The van der Waals surface area contributed by atoms with E-state index in [2.05, 4.69) is 36.3 Å². The summed E-state index contributed by atoms with van der Waals surface area (Å²) in [7, 11) is 0. The first-order valence-corrected chi connectivity index (χ1v) is 7.51. The molecule has 5 nitrogen and oxygen atoms in total. The summed E-state index contributed by atoms with van der Waals surface area (Å²) in [6.07, 6.45) is 0. The minimum Gasteiger partial charge on any atom is -0.366 e. The number of carbonyl (C=O) groups is 1. The molecule has 0 bridgehead atoms. The van der Waals surface area contributed by atoms with Crippen LogP contribution in [0.2, 0.25) is 0 Å². The lowest BCUT2D eigenvalue weighted by Crippen LogP contribution is -2.10. The Morgan fingerprint density at radius 1 is 1.42 bits per heavy atom. The molecule has 0 aliphatic rings. The summed E-state index contributed by atoms with van der Waals surface area (Å²) < 4.78 is 0. The summed E-state index contributed by atoms with van der Waals surface area (Å²) in [5.74, 6) is -0.395. The highest BCUT2D eigenvalue weighted by atomic mass is 32.1. The van der Waals surface area contributed by atoms with Crippen LogP contribution in [-0.4, -0.2) is 16.1 Å². The minimum absolute atomic E-state index is 0.0136. The van der Waals surface area contributed by atoms with E-state index in [0.717, 1.165) is 15.0 Å². The number of primary amides is 1. The molecular formula is C12H16N4OS2. The highest BCUT2D eigenvalue weighted by Crippen LogP contribution is 2.28. The lowest BCUT2D eigenvalue weighted by atomic mass is 9.98. The van der Waals surface area contributed by atoms with Crippen LogP contribution in [0.3, 0.4) is 0 Å². The SMILES string of the molecule is CC(C)(C)c1nnc(NCc2cc(C(N)=O)cs2)s1. The molecule has 0 radical (unpaired) electrons. The molecule has 7 heteroatoms. The lowest BCUT2D eigenvalue weighted by molar-refractivity contribution is 0.100. The van der Waals surface area contributed by atoms with E-state index in [1.54, 1.807) is 22.8 Å². The number of nitrogens with zero attached hydrogens (tertiary/aromatic N) is 2. The number of nitrogens with two attached hydrogens (primary N) is 1. The van der Waals surface area contributed by atoms with Crippen molar-refractivity contribution in [3.63, 3.8) is 0 Å². The van der Waals surface area contributed by atoms with Gasteiger partial charge in [-0.1, -0.05) is 32.1 Å². The van der Waals surface area contributed by atoms with Crippen molar-refractivity contribution in [2.24, 2.45) is 5.73 Å². The van der Waals surface area contributed by atoms with Gasteiger partial charge in [0.25, 0.3) is 0 Å². The quantitative estimate of drug-likeness (QED) is 0.908. The summed E-state index contributed by atoms with van der Waals surface area (Å²) >= 11 is 3.05. The van der Waals surface area contributed by atoms with Gasteiger partial charge in [-0.15, -0.1) is 21.5 Å². The summed E-state index contributed by atoms with van der Waals surface area (Å²) in [6, 6.07) is 1.80. The Morgan fingerprint density at radius 2 is 2.16 bits per heavy atom. The highest BCUT2D eigenvalue weighted by molar-refractivity contribution is 7.15. The summed E-state index contributed by atoms with van der Waals surface area (Å²) in [6.45, 7) is 6.94. The Morgan fingerprint density at radius 3 is 2.68 bits per heavy atom. The first-order valence-electron chi connectivity index (χ1n) is 5.81. The normalized spacial score (nSPS) is 11.5. The second-order valence-electron chi connectivity index (χ2n) is 5.18. The zero-order valence-electron chi connectivity index (χ0n) is 11.1. The number of carbonyl (C=O) groups excluding carboxylic acids is 1. The van der Waals surface area contributed by atoms with Gasteiger partial charge >= 0.3 is 0 Å². The Bertz CT molecular complexity index is 583. The molecule has 0 unspecified atom stereocenters. The van der Waals surface area contributed by atoms with Crippen LogP contribution in [0, 0.1) is 0 Å². The topological polar surface area (TPSA) is 80.9 Å². The predicted octanol–water partition coefficient (Wildman–Crippen LogP) is 2.61. The molecule has 0 saturated heterocycles. The van der Waals surface area contributed by atoms with Crippen molar-refractivity contribution in [3.8, 4) is 0 Å². The molecule has 0 atom stereocenters. The van der Waals surface area contributed by atoms with Gasteiger partial charge in [0.2, 0.25) is 11.0 Å². The molecule has 0 saturated carbocycles. The second-order valence-corrected chi connectivity index (χ2v) is 7.16. The van der Waals surface area contributed by atoms with Crippen LogP contribution in [0.5, 0.6) is 0 Å². The molecule has 0 fully saturated rings. The van der Waals surface area contributed by atoms with Crippen LogP contribution in [0.25, 0.3) is 0 Å². The smallest absolute Gasteiger partial charge is 0.249 e. The highest BCUT2D eigenvalue weighted by Gasteiger charge is 2.19. The average Bonchev–Trinajstić information content (AvgIpc) is 2.95. The third kappa shape index (κ3) is 3.51. The molecule has 0 aromatic carbocycles. The van der Waals surface area contributed by atoms with Crippen LogP contribution >= 0.6 is 22.7 Å². The van der Waals surface area contributed by atoms with Crippen molar-refractivity contribution in [2.45, 2.75) is 32.7 Å². The molecule has 1 amide bonds. The molecular weight excluding hydrogens is 280 g/mol. The Labute approximate surface area is 119 Å². The third-order valence-corrected chi connectivity index (χ3v) is 4.66. The first-order chi connectivity index (χ1) is 8.86. The van der Waals surface area contributed by atoms with Gasteiger partial charge in [0.1, 0.15) is 5.01 Å². The second kappa shape index (κ2) is 5.26. The third-order valence-electron chi connectivity index (χ3n) is 2.42. The van der Waals surface area contributed by atoms with Crippen molar-refractivity contribution in [1.82, 2.24) is 10.2 Å². The van der Waals surface area contributed by atoms with Gasteiger partial charge in [-0.3, -0.25) is 4.79 Å². The Balaban J connectivity index is 1.98. The van der Waals surface area contributed by atoms with Crippen molar-refractivity contribution >= 4 is 33.7 Å². The van der Waals surface area contributed by atoms with Crippen molar-refractivity contribution in [3.05, 3.63) is 26.9 Å². The predicted molar refractivity (Wildman–Crippen MR) is 78.8 cm³/mol. The molecule has 2 aromatic heterocycles. The van der Waals surface area contributed by atoms with Crippen LogP contribution in [0.15, 0.2) is 11.4 Å². The van der Waals surface area contributed by atoms with Gasteiger partial charge in [-0.2, -0.15) is 0 Å². The molecule has 0 spiro atoms. The zero-order chi connectivity index (χ0) is 14.0. The number of thiophene rings is 1. The van der Waals surface area contributed by atoms with Gasteiger partial charge in [-0.05, 0) is 6.07 Å². The maximum absolute atomic E-state index is 11.0. The largest absolute Gasteiger partial charge is 0.366 e. The molecule has 2 heterocycles. The van der Waals surface area contributed by atoms with Gasteiger partial charge in [-0.25, -0.2) is 0 Å². The fraction of sp³-hybridized carbons (Fsp3) is 0.417. The maximum atomic E-state index is 11.0. The van der Waals surface area contributed by atoms with E-state index in [1.165, 1.54) is 11.3 Å². The fourth-order valence-electron chi connectivity index (χ4n) is 1.36. The van der Waals surface area contributed by atoms with Crippen LogP contribution in [0.1, 0.15) is 41.0 Å². The number of rotatable bonds is 4. The maximum Gasteiger partial charge on any atom is 0.249 e. The van der Waals surface area contributed by atoms with E-state index in [-0.39, 0.29) is 5.41 Å². The number of amides is 1. The number of hydrogen-bond donors (Lipinski definition) is 2. The van der Waals surface area contributed by atoms with Crippen LogP contribution < -0.4 is 11.1 Å². The molecule has 0 aliphatic carbocycles. The van der Waals surface area contributed by atoms with Crippen LogP contribution in [0.4, 0.5) is 5.13 Å². The van der Waals surface area contributed by atoms with Gasteiger partial charge < -0.3 is 11.1 Å². The van der Waals surface area contributed by atoms with Crippen LogP contribution in [-0.2, 0) is 12.0 Å². The average molecular weight is 296 g/mol. The van der Waals surface area contributed by atoms with Crippen molar-refractivity contribution in [2.75, 3.05) is 5.32 Å². The van der Waals surface area contributed by atoms with Crippen molar-refractivity contribution < 1.29 is 4.79 Å². The van der Waals surface area contributed by atoms with Crippen molar-refractivity contribution in [1.29, 1.82) is 0 Å². The molecule has 102 valence electrons. The monoisotopic (exact) mass is 296 g/mol. The summed E-state index contributed by atoms with van der Waals surface area (Å²) in [4.78, 5) is 12.0. The van der Waals surface area contributed by atoms with Gasteiger partial charge in [0.05, 0.1) is 12.1 Å². The Kier molecular flexibility index (Phi) is 3.86. The first kappa shape index (κ1) is 14.0. The van der Waals surface area contributed by atoms with E-state index < -0.39 is 5.91 Å². The van der Waals surface area contributed by atoms with E-state index in [9.17, 15) is 4.79 Å². The Hall–Kier alpha value is -1.47. The molecule has 19 heavy (non-hydrogen) atoms. The molecule has 2 aromatic rings. The van der Waals surface area contributed by atoms with E-state index in [1.807, 2.05) is 0 Å². The molecule has 2 rings (SSSR count). The number of hydrogen-bond acceptors (Lipinski definition) is 6. The molecule has 3 N–H and O–H groups in total. The van der Waals surface area contributed by atoms with E-state index in [4.69, 9.17) is 5.73 Å².